The Bertz CT molecular complexity index is 79.0. The molecule has 0 aromatic rings. The van der Waals surface area contributed by atoms with E-state index in [1.807, 2.05) is 6.26 Å². The van der Waals surface area contributed by atoms with Gasteiger partial charge in [0.2, 0.25) is 0 Å². The lowest BCUT2D eigenvalue weighted by Crippen LogP contribution is -2.09. The van der Waals surface area contributed by atoms with Gasteiger partial charge in [0.25, 0.3) is 0 Å². The molecule has 0 aliphatic carbocycles. The van der Waals surface area contributed by atoms with Gasteiger partial charge in [-0.15, -0.1) is 10.3 Å². The van der Waals surface area contributed by atoms with Crippen molar-refractivity contribution in [2.24, 2.45) is 5.92 Å². The second kappa shape index (κ2) is 3.47. The first-order valence-electron chi connectivity index (χ1n) is 3.44. The zero-order valence-electron chi connectivity index (χ0n) is 6.85. The standard InChI is InChI=1S/C7H18OS/c1-5-9(4,8)6-7(2)3/h7-8H,5-6H2,1-4H3. The van der Waals surface area contributed by atoms with Gasteiger partial charge in [0.15, 0.2) is 0 Å². The van der Waals surface area contributed by atoms with Gasteiger partial charge in [-0.1, -0.05) is 20.8 Å². The van der Waals surface area contributed by atoms with Crippen LogP contribution in [0.25, 0.3) is 0 Å². The lowest BCUT2D eigenvalue weighted by molar-refractivity contribution is 0.612. The highest BCUT2D eigenvalue weighted by atomic mass is 32.3. The molecule has 2 heteroatoms. The summed E-state index contributed by atoms with van der Waals surface area (Å²) in [4.78, 5) is 0. The Balaban J connectivity index is 3.58. The van der Waals surface area contributed by atoms with Crippen molar-refractivity contribution >= 4 is 10.3 Å². The van der Waals surface area contributed by atoms with E-state index in [0.29, 0.717) is 5.92 Å². The fourth-order valence-electron chi connectivity index (χ4n) is 0.836. The smallest absolute Gasteiger partial charge is 0.000803 e. The van der Waals surface area contributed by atoms with E-state index >= 15 is 0 Å². The highest BCUT2D eigenvalue weighted by molar-refractivity contribution is 8.28. The second-order valence-electron chi connectivity index (χ2n) is 3.07. The van der Waals surface area contributed by atoms with E-state index in [1.54, 1.807) is 0 Å². The van der Waals surface area contributed by atoms with Gasteiger partial charge in [0, 0.05) is 5.75 Å². The molecule has 1 atom stereocenters. The van der Waals surface area contributed by atoms with Crippen LogP contribution in [-0.4, -0.2) is 22.3 Å². The zero-order valence-corrected chi connectivity index (χ0v) is 7.66. The van der Waals surface area contributed by atoms with Crippen molar-refractivity contribution in [1.82, 2.24) is 0 Å². The third-order valence-electron chi connectivity index (χ3n) is 1.31. The van der Waals surface area contributed by atoms with Gasteiger partial charge in [-0.05, 0) is 17.9 Å². The van der Waals surface area contributed by atoms with Crippen LogP contribution in [0.1, 0.15) is 20.8 Å². The number of rotatable bonds is 3. The molecule has 0 amide bonds. The SMILES string of the molecule is CCS(C)(O)CC(C)C. The van der Waals surface area contributed by atoms with Crippen molar-refractivity contribution in [2.45, 2.75) is 20.8 Å². The highest BCUT2D eigenvalue weighted by Gasteiger charge is 2.12. The van der Waals surface area contributed by atoms with Crippen LogP contribution in [0.2, 0.25) is 0 Å². The van der Waals surface area contributed by atoms with Crippen LogP contribution in [0.4, 0.5) is 0 Å². The van der Waals surface area contributed by atoms with Crippen molar-refractivity contribution < 1.29 is 4.55 Å². The van der Waals surface area contributed by atoms with Crippen molar-refractivity contribution in [2.75, 3.05) is 17.8 Å². The van der Waals surface area contributed by atoms with Crippen LogP contribution in [0.15, 0.2) is 0 Å². The minimum Gasteiger partial charge on any atom is -0.352 e. The molecule has 0 aromatic heterocycles. The zero-order chi connectivity index (χ0) is 7.49. The van der Waals surface area contributed by atoms with Crippen LogP contribution in [0.5, 0.6) is 0 Å². The Labute approximate surface area is 60.0 Å². The molecule has 1 nitrogen and oxygen atoms in total. The molecule has 1 N–H and O–H groups in total. The van der Waals surface area contributed by atoms with Gasteiger partial charge in [-0.2, -0.15) is 0 Å². The molecule has 0 spiro atoms. The summed E-state index contributed by atoms with van der Waals surface area (Å²) >= 11 is 0. The molecule has 0 bridgehead atoms. The molecule has 1 unspecified atom stereocenters. The molecule has 0 fully saturated rings. The predicted octanol–water partition coefficient (Wildman–Crippen LogP) is 2.57. The minimum atomic E-state index is -1.22. The van der Waals surface area contributed by atoms with Gasteiger partial charge < -0.3 is 4.55 Å². The van der Waals surface area contributed by atoms with Crippen LogP contribution < -0.4 is 0 Å². The molecule has 0 saturated carbocycles. The molecule has 58 valence electrons. The molecular weight excluding hydrogens is 132 g/mol. The summed E-state index contributed by atoms with van der Waals surface area (Å²) < 4.78 is 9.58. The van der Waals surface area contributed by atoms with Crippen molar-refractivity contribution in [3.63, 3.8) is 0 Å². The Morgan fingerprint density at radius 1 is 1.44 bits per heavy atom. The Morgan fingerprint density at radius 3 is 2.00 bits per heavy atom. The lowest BCUT2D eigenvalue weighted by atomic mass is 10.3. The maximum Gasteiger partial charge on any atom is 0.000803 e. The normalized spacial score (nSPS) is 21.6. The first kappa shape index (κ1) is 9.31. The van der Waals surface area contributed by atoms with Crippen LogP contribution >= 0.6 is 10.3 Å². The van der Waals surface area contributed by atoms with Crippen molar-refractivity contribution in [3.05, 3.63) is 0 Å². The summed E-state index contributed by atoms with van der Waals surface area (Å²) in [6.45, 7) is 6.35. The largest absolute Gasteiger partial charge is 0.352 e. The molecule has 0 aliphatic rings. The summed E-state index contributed by atoms with van der Waals surface area (Å²) in [5, 5.41) is 0. The van der Waals surface area contributed by atoms with Crippen molar-refractivity contribution in [3.8, 4) is 0 Å². The topological polar surface area (TPSA) is 20.2 Å². The van der Waals surface area contributed by atoms with E-state index in [4.69, 9.17) is 0 Å². The molecule has 9 heavy (non-hydrogen) atoms. The Morgan fingerprint density at radius 2 is 1.89 bits per heavy atom. The molecule has 0 rings (SSSR count). The van der Waals surface area contributed by atoms with E-state index in [2.05, 4.69) is 20.8 Å². The molecular formula is C7H18OS. The molecule has 0 radical (unpaired) electrons. The third-order valence-corrected chi connectivity index (χ3v) is 3.94. The van der Waals surface area contributed by atoms with Gasteiger partial charge in [0.1, 0.15) is 0 Å². The highest BCUT2D eigenvalue weighted by Crippen LogP contribution is 2.39. The Kier molecular flexibility index (Phi) is 3.59. The van der Waals surface area contributed by atoms with Crippen LogP contribution in [-0.2, 0) is 0 Å². The van der Waals surface area contributed by atoms with Gasteiger partial charge >= 0.3 is 0 Å². The molecule has 0 saturated heterocycles. The Hall–Kier alpha value is 0.310. The van der Waals surface area contributed by atoms with Crippen molar-refractivity contribution in [1.29, 1.82) is 0 Å². The summed E-state index contributed by atoms with van der Waals surface area (Å²) in [5.74, 6) is 2.56. The van der Waals surface area contributed by atoms with E-state index < -0.39 is 10.3 Å². The quantitative estimate of drug-likeness (QED) is 0.655. The monoisotopic (exact) mass is 150 g/mol. The van der Waals surface area contributed by atoms with Gasteiger partial charge in [0.05, 0.1) is 0 Å². The van der Waals surface area contributed by atoms with E-state index in [-0.39, 0.29) is 0 Å². The van der Waals surface area contributed by atoms with Gasteiger partial charge in [-0.25, -0.2) is 0 Å². The second-order valence-corrected chi connectivity index (χ2v) is 6.43. The first-order valence-corrected chi connectivity index (χ1v) is 5.77. The third kappa shape index (κ3) is 4.79. The molecule has 0 heterocycles. The maximum absolute atomic E-state index is 9.58. The number of hydrogen-bond acceptors (Lipinski definition) is 1. The molecule has 0 aromatic carbocycles. The minimum absolute atomic E-state index is 0.634. The fraction of sp³-hybridized carbons (Fsp3) is 1.00. The van der Waals surface area contributed by atoms with Gasteiger partial charge in [-0.3, -0.25) is 0 Å². The fourth-order valence-corrected chi connectivity index (χ4v) is 2.51. The average Bonchev–Trinajstić information content (AvgIpc) is 1.63. The summed E-state index contributed by atoms with van der Waals surface area (Å²) in [7, 11) is -1.22. The summed E-state index contributed by atoms with van der Waals surface area (Å²) in [6.07, 6.45) is 1.98. The van der Waals surface area contributed by atoms with E-state index in [9.17, 15) is 4.55 Å². The first-order chi connectivity index (χ1) is 3.98. The van der Waals surface area contributed by atoms with E-state index in [0.717, 1.165) is 11.5 Å². The summed E-state index contributed by atoms with van der Waals surface area (Å²) in [5.41, 5.74) is 0. The summed E-state index contributed by atoms with van der Waals surface area (Å²) in [6, 6.07) is 0. The predicted molar refractivity (Wildman–Crippen MR) is 46.4 cm³/mol. The van der Waals surface area contributed by atoms with Crippen LogP contribution in [0.3, 0.4) is 0 Å². The van der Waals surface area contributed by atoms with Crippen LogP contribution in [0, 0.1) is 5.92 Å². The van der Waals surface area contributed by atoms with E-state index in [1.165, 1.54) is 0 Å². The molecule has 0 aliphatic heterocycles. The number of hydrogen-bond donors (Lipinski definition) is 1. The lowest BCUT2D eigenvalue weighted by Gasteiger charge is -2.29. The average molecular weight is 150 g/mol. The maximum atomic E-state index is 9.58.